The summed E-state index contributed by atoms with van der Waals surface area (Å²) >= 11 is 2.02. The molecule has 2 atom stereocenters. The number of hydrogen-bond acceptors (Lipinski definition) is 6. The Kier molecular flexibility index (Phi) is 7.35. The molecule has 0 aliphatic rings. The zero-order valence-electron chi connectivity index (χ0n) is 15.5. The molecule has 0 aliphatic carbocycles. The van der Waals surface area contributed by atoms with Gasteiger partial charge in [-0.3, -0.25) is 20.4 Å². The molecule has 2 rings (SSSR count). The lowest BCUT2D eigenvalue weighted by atomic mass is 10.1. The number of carbonyl (C=O) groups is 2. The molecule has 2 aromatic rings. The molecule has 0 radical (unpaired) electrons. The lowest BCUT2D eigenvalue weighted by Crippen LogP contribution is -2.52. The van der Waals surface area contributed by atoms with E-state index in [1.54, 1.807) is 19.1 Å². The summed E-state index contributed by atoms with van der Waals surface area (Å²) in [6.45, 7) is 3.17. The first-order valence-corrected chi connectivity index (χ1v) is 9.46. The monoisotopic (exact) mass is 512 g/mol. The molecule has 5 N–H and O–H groups in total. The molecule has 152 valence electrons. The van der Waals surface area contributed by atoms with Crippen LogP contribution in [0, 0.1) is 27.6 Å². The first kappa shape index (κ1) is 22.4. The van der Waals surface area contributed by atoms with Gasteiger partial charge in [-0.15, -0.1) is 0 Å². The van der Waals surface area contributed by atoms with Crippen LogP contribution in [0.4, 0.5) is 10.1 Å². The van der Waals surface area contributed by atoms with Crippen molar-refractivity contribution in [2.75, 3.05) is 5.32 Å². The van der Waals surface area contributed by atoms with E-state index in [2.05, 4.69) is 22.2 Å². The normalized spacial score (nSPS) is 12.4. The average Bonchev–Trinajstić information content (AvgIpc) is 2.68. The Morgan fingerprint density at radius 1 is 1.24 bits per heavy atom. The highest BCUT2D eigenvalue weighted by atomic mass is 127. The molecule has 1 unspecified atom stereocenters. The van der Waals surface area contributed by atoms with Crippen LogP contribution in [-0.2, 0) is 4.79 Å². The largest absolute Gasteiger partial charge is 0.505 e. The number of aliphatic hydroxyl groups is 1. The first-order chi connectivity index (χ1) is 13.6. The topological polar surface area (TPSA) is 134 Å². The van der Waals surface area contributed by atoms with Crippen LogP contribution in [0.15, 0.2) is 30.3 Å². The predicted molar refractivity (Wildman–Crippen MR) is 111 cm³/mol. The smallest absolute Gasteiger partial charge is 0.269 e. The summed E-state index contributed by atoms with van der Waals surface area (Å²) < 4.78 is 13.8. The Hall–Kier alpha value is -2.91. The molecule has 0 bridgehead atoms. The second-order valence-electron chi connectivity index (χ2n) is 6.18. The maximum absolute atomic E-state index is 13.1. The Morgan fingerprint density at radius 2 is 1.93 bits per heavy atom. The van der Waals surface area contributed by atoms with Gasteiger partial charge >= 0.3 is 0 Å². The van der Waals surface area contributed by atoms with Gasteiger partial charge in [-0.2, -0.15) is 5.26 Å². The number of rotatable bonds is 5. The minimum atomic E-state index is -1.12. The summed E-state index contributed by atoms with van der Waals surface area (Å²) in [5, 5.41) is 31.3. The average molecular weight is 512 g/mol. The van der Waals surface area contributed by atoms with Crippen LogP contribution >= 0.6 is 22.6 Å². The molecule has 0 heterocycles. The van der Waals surface area contributed by atoms with E-state index in [0.717, 1.165) is 23.8 Å². The summed E-state index contributed by atoms with van der Waals surface area (Å²) in [5.41, 5.74) is 6.02. The Bertz CT molecular complexity index is 991. The fourth-order valence-corrected chi connectivity index (χ4v) is 3.01. The van der Waals surface area contributed by atoms with E-state index in [-0.39, 0.29) is 5.56 Å². The molecule has 0 saturated heterocycles. The van der Waals surface area contributed by atoms with E-state index in [0.29, 0.717) is 14.8 Å². The lowest BCUT2D eigenvalue weighted by Gasteiger charge is -2.23. The minimum absolute atomic E-state index is 0.0664. The van der Waals surface area contributed by atoms with Gasteiger partial charge in [0.05, 0.1) is 11.7 Å². The molecule has 0 aliphatic heterocycles. The number of nitrogens with one attached hydrogen (secondary N) is 3. The molecule has 0 saturated carbocycles. The number of benzene rings is 2. The van der Waals surface area contributed by atoms with Gasteiger partial charge in [0, 0.05) is 14.8 Å². The number of amides is 2. The first-order valence-electron chi connectivity index (χ1n) is 8.38. The van der Waals surface area contributed by atoms with E-state index in [9.17, 15) is 24.2 Å². The van der Waals surface area contributed by atoms with Crippen LogP contribution in [0.25, 0.3) is 0 Å². The van der Waals surface area contributed by atoms with Crippen molar-refractivity contribution in [3.05, 3.63) is 56.4 Å². The molecule has 8 nitrogen and oxygen atoms in total. The van der Waals surface area contributed by atoms with E-state index >= 15 is 0 Å². The Labute approximate surface area is 179 Å². The van der Waals surface area contributed by atoms with Crippen LogP contribution in [0.3, 0.4) is 0 Å². The number of hydrogen-bond donors (Lipinski definition) is 5. The fraction of sp³-hybridized carbons (Fsp3) is 0.211. The van der Waals surface area contributed by atoms with Crippen molar-refractivity contribution < 1.29 is 24.2 Å². The number of nitriles is 1. The number of anilines is 1. The Balaban J connectivity index is 2.10. The van der Waals surface area contributed by atoms with E-state index < -0.39 is 35.5 Å². The van der Waals surface area contributed by atoms with Gasteiger partial charge in [0.25, 0.3) is 11.8 Å². The number of halogens is 2. The summed E-state index contributed by atoms with van der Waals surface area (Å²) in [4.78, 5) is 24.5. The number of aromatic hydroxyl groups is 1. The van der Waals surface area contributed by atoms with Crippen molar-refractivity contribution in [2.45, 2.75) is 26.0 Å². The third-order valence-corrected chi connectivity index (χ3v) is 5.48. The number of hydrazine groups is 1. The van der Waals surface area contributed by atoms with Crippen molar-refractivity contribution in [3.63, 3.8) is 0 Å². The van der Waals surface area contributed by atoms with Gasteiger partial charge in [-0.05, 0) is 72.3 Å². The molecule has 0 spiro atoms. The fourth-order valence-electron chi connectivity index (χ4n) is 2.42. The number of aliphatic hydroxyl groups excluding tert-OH is 1. The molecule has 0 aromatic heterocycles. The van der Waals surface area contributed by atoms with Crippen LogP contribution in [-0.4, -0.2) is 34.2 Å². The van der Waals surface area contributed by atoms with Crippen molar-refractivity contribution in [1.29, 1.82) is 5.26 Å². The highest BCUT2D eigenvalue weighted by Crippen LogP contribution is 2.25. The molecule has 0 fully saturated rings. The summed E-state index contributed by atoms with van der Waals surface area (Å²) in [6.07, 6.45) is -1.12. The van der Waals surface area contributed by atoms with Gasteiger partial charge in [0.1, 0.15) is 12.1 Å². The maximum Gasteiger partial charge on any atom is 0.269 e. The van der Waals surface area contributed by atoms with Gasteiger partial charge in [-0.1, -0.05) is 0 Å². The van der Waals surface area contributed by atoms with Gasteiger partial charge in [0.15, 0.2) is 11.6 Å². The van der Waals surface area contributed by atoms with E-state index in [1.165, 1.54) is 6.92 Å². The SMILES string of the molecule is Cc1c(NC(C(=O)NNC(=O)c2ccc(F)c(O)c2)[C@H](C)O)ccc(C#N)c1I. The number of phenolic OH excluding ortho intramolecular Hbond substituents is 1. The van der Waals surface area contributed by atoms with E-state index in [1.807, 2.05) is 22.6 Å². The van der Waals surface area contributed by atoms with Crippen LogP contribution < -0.4 is 16.2 Å². The second kappa shape index (κ2) is 9.53. The minimum Gasteiger partial charge on any atom is -0.505 e. The second-order valence-corrected chi connectivity index (χ2v) is 7.26. The van der Waals surface area contributed by atoms with Crippen molar-refractivity contribution in [1.82, 2.24) is 10.9 Å². The van der Waals surface area contributed by atoms with Crippen molar-refractivity contribution in [2.24, 2.45) is 0 Å². The van der Waals surface area contributed by atoms with Crippen LogP contribution in [0.2, 0.25) is 0 Å². The molecular formula is C19H18FIN4O4. The third kappa shape index (κ3) is 5.33. The van der Waals surface area contributed by atoms with Gasteiger partial charge in [0.2, 0.25) is 0 Å². The third-order valence-electron chi connectivity index (χ3n) is 4.09. The van der Waals surface area contributed by atoms with Crippen LogP contribution in [0.1, 0.15) is 28.4 Å². The number of carbonyl (C=O) groups excluding carboxylic acids is 2. The number of nitrogens with zero attached hydrogens (tertiary/aromatic N) is 1. The summed E-state index contributed by atoms with van der Waals surface area (Å²) in [5.74, 6) is -3.07. The predicted octanol–water partition coefficient (Wildman–Crippen LogP) is 1.94. The quantitative estimate of drug-likeness (QED) is 0.307. The molecular weight excluding hydrogens is 494 g/mol. The highest BCUT2D eigenvalue weighted by Gasteiger charge is 2.25. The summed E-state index contributed by atoms with van der Waals surface area (Å²) in [7, 11) is 0. The molecule has 2 amide bonds. The summed E-state index contributed by atoms with van der Waals surface area (Å²) in [6, 6.07) is 7.15. The standard InChI is InChI=1S/C19H18FIN4O4/c1-9-14(6-4-12(8-22)16(9)21)23-17(10(2)26)19(29)25-24-18(28)11-3-5-13(20)15(27)7-11/h3-7,10,17,23,26-27H,1-2H3,(H,24,28)(H,25,29)/t10-,17?/m0/s1. The van der Waals surface area contributed by atoms with E-state index in [4.69, 9.17) is 5.26 Å². The molecule has 29 heavy (non-hydrogen) atoms. The van der Waals surface area contributed by atoms with Gasteiger partial charge < -0.3 is 15.5 Å². The molecule has 10 heteroatoms. The lowest BCUT2D eigenvalue weighted by molar-refractivity contribution is -0.124. The Morgan fingerprint density at radius 3 is 2.52 bits per heavy atom. The maximum atomic E-state index is 13.1. The zero-order chi connectivity index (χ0) is 21.7. The van der Waals surface area contributed by atoms with Crippen molar-refractivity contribution in [3.8, 4) is 11.8 Å². The molecule has 2 aromatic carbocycles. The van der Waals surface area contributed by atoms with Gasteiger partial charge in [-0.25, -0.2) is 4.39 Å². The highest BCUT2D eigenvalue weighted by molar-refractivity contribution is 14.1. The van der Waals surface area contributed by atoms with Crippen LogP contribution in [0.5, 0.6) is 5.75 Å². The zero-order valence-corrected chi connectivity index (χ0v) is 17.6. The number of phenols is 1. The van der Waals surface area contributed by atoms with Crippen molar-refractivity contribution >= 4 is 40.1 Å².